The largest absolute Gasteiger partial charge is 0.399 e. The summed E-state index contributed by atoms with van der Waals surface area (Å²) in [6.45, 7) is 0. The Balaban J connectivity index is 2.15. The van der Waals surface area contributed by atoms with Gasteiger partial charge in [0, 0.05) is 18.0 Å². The van der Waals surface area contributed by atoms with E-state index >= 15 is 0 Å². The molecular formula is C14H14N4O2S. The van der Waals surface area contributed by atoms with Crippen LogP contribution in [0.1, 0.15) is 23.5 Å². The minimum absolute atomic E-state index is 0.144. The molecule has 1 atom stereocenters. The first-order valence-electron chi connectivity index (χ1n) is 6.42. The van der Waals surface area contributed by atoms with Gasteiger partial charge in [-0.2, -0.15) is 0 Å². The molecule has 0 aliphatic carbocycles. The summed E-state index contributed by atoms with van der Waals surface area (Å²) < 4.78 is 0. The lowest BCUT2D eigenvalue weighted by molar-refractivity contribution is -0.116. The first-order chi connectivity index (χ1) is 10.1. The highest BCUT2D eigenvalue weighted by atomic mass is 32.2. The van der Waals surface area contributed by atoms with Crippen molar-refractivity contribution in [2.24, 2.45) is 0 Å². The number of carbonyl (C=O) groups is 1. The second-order valence-electron chi connectivity index (χ2n) is 4.81. The van der Waals surface area contributed by atoms with Gasteiger partial charge in [-0.15, -0.1) is 0 Å². The predicted molar refractivity (Wildman–Crippen MR) is 82.6 cm³/mol. The molecule has 1 aromatic heterocycles. The third-order valence-electron chi connectivity index (χ3n) is 3.46. The number of H-pyrrole nitrogens is 1. The van der Waals surface area contributed by atoms with Crippen LogP contribution < -0.4 is 16.6 Å². The van der Waals surface area contributed by atoms with Crippen LogP contribution in [0.4, 0.5) is 11.5 Å². The molecule has 108 valence electrons. The zero-order valence-corrected chi connectivity index (χ0v) is 12.2. The van der Waals surface area contributed by atoms with Gasteiger partial charge in [0.15, 0.2) is 5.16 Å². The third-order valence-corrected chi connectivity index (χ3v) is 4.04. The molecule has 3 rings (SSSR count). The molecule has 1 unspecified atom stereocenters. The minimum Gasteiger partial charge on any atom is -0.399 e. The number of benzene rings is 1. The van der Waals surface area contributed by atoms with E-state index < -0.39 is 0 Å². The van der Waals surface area contributed by atoms with E-state index in [1.165, 1.54) is 11.8 Å². The SMILES string of the molecule is CSc1nc2c(c(=O)[nH]1)C(c1ccc(N)cc1)CC(=O)N2. The summed E-state index contributed by atoms with van der Waals surface area (Å²) in [4.78, 5) is 31.2. The highest BCUT2D eigenvalue weighted by molar-refractivity contribution is 7.98. The maximum absolute atomic E-state index is 12.3. The Morgan fingerprint density at radius 2 is 2.00 bits per heavy atom. The molecule has 7 heteroatoms. The van der Waals surface area contributed by atoms with Gasteiger partial charge < -0.3 is 16.0 Å². The molecule has 4 N–H and O–H groups in total. The van der Waals surface area contributed by atoms with Crippen LogP contribution in [0.2, 0.25) is 0 Å². The second-order valence-corrected chi connectivity index (χ2v) is 5.60. The molecule has 1 aliphatic rings. The number of amides is 1. The van der Waals surface area contributed by atoms with Gasteiger partial charge in [0.25, 0.3) is 5.56 Å². The number of hydrogen-bond donors (Lipinski definition) is 3. The highest BCUT2D eigenvalue weighted by Gasteiger charge is 2.30. The number of nitrogens with two attached hydrogens (primary N) is 1. The van der Waals surface area contributed by atoms with Gasteiger partial charge >= 0.3 is 0 Å². The van der Waals surface area contributed by atoms with E-state index in [0.29, 0.717) is 22.2 Å². The summed E-state index contributed by atoms with van der Waals surface area (Å²) in [5, 5.41) is 3.16. The number of anilines is 2. The summed E-state index contributed by atoms with van der Waals surface area (Å²) >= 11 is 1.32. The lowest BCUT2D eigenvalue weighted by Crippen LogP contribution is -2.31. The van der Waals surface area contributed by atoms with Gasteiger partial charge in [-0.1, -0.05) is 23.9 Å². The summed E-state index contributed by atoms with van der Waals surface area (Å²) in [6.07, 6.45) is 2.03. The van der Waals surface area contributed by atoms with Crippen LogP contribution in [-0.4, -0.2) is 22.1 Å². The number of nitrogens with zero attached hydrogens (tertiary/aromatic N) is 1. The maximum Gasteiger partial charge on any atom is 0.257 e. The lowest BCUT2D eigenvalue weighted by Gasteiger charge is -2.24. The Labute approximate surface area is 125 Å². The van der Waals surface area contributed by atoms with E-state index in [4.69, 9.17) is 5.73 Å². The van der Waals surface area contributed by atoms with Crippen molar-refractivity contribution in [3.8, 4) is 0 Å². The number of rotatable bonds is 2. The predicted octanol–water partition coefficient (Wildman–Crippen LogP) is 1.55. The van der Waals surface area contributed by atoms with Gasteiger partial charge in [0.2, 0.25) is 5.91 Å². The molecule has 2 heterocycles. The van der Waals surface area contributed by atoms with Crippen molar-refractivity contribution in [2.75, 3.05) is 17.3 Å². The van der Waals surface area contributed by atoms with Crippen LogP contribution >= 0.6 is 11.8 Å². The number of nitrogens with one attached hydrogen (secondary N) is 2. The number of carbonyl (C=O) groups excluding carboxylic acids is 1. The van der Waals surface area contributed by atoms with E-state index in [1.54, 1.807) is 12.1 Å². The number of thioether (sulfide) groups is 1. The zero-order valence-electron chi connectivity index (χ0n) is 11.3. The van der Waals surface area contributed by atoms with Gasteiger partial charge in [0.05, 0.1) is 5.56 Å². The number of fused-ring (bicyclic) bond motifs is 1. The summed E-state index contributed by atoms with van der Waals surface area (Å²) in [5.74, 6) is -0.0999. The molecule has 1 amide bonds. The van der Waals surface area contributed by atoms with E-state index in [2.05, 4.69) is 15.3 Å². The highest BCUT2D eigenvalue weighted by Crippen LogP contribution is 2.34. The number of nitrogen functional groups attached to an aromatic ring is 1. The molecular weight excluding hydrogens is 288 g/mol. The summed E-state index contributed by atoms with van der Waals surface area (Å²) in [7, 11) is 0. The first-order valence-corrected chi connectivity index (χ1v) is 7.64. The minimum atomic E-state index is -0.304. The van der Waals surface area contributed by atoms with Gasteiger partial charge in [-0.05, 0) is 24.0 Å². The lowest BCUT2D eigenvalue weighted by atomic mass is 9.87. The number of aromatic amines is 1. The van der Waals surface area contributed by atoms with Crippen LogP contribution in [0, 0.1) is 0 Å². The molecule has 2 aromatic rings. The average Bonchev–Trinajstić information content (AvgIpc) is 2.46. The van der Waals surface area contributed by atoms with Crippen LogP contribution in [0.25, 0.3) is 0 Å². The molecule has 0 saturated carbocycles. The molecule has 1 aliphatic heterocycles. The maximum atomic E-state index is 12.3. The molecule has 0 bridgehead atoms. The topological polar surface area (TPSA) is 101 Å². The van der Waals surface area contributed by atoms with E-state index in [9.17, 15) is 9.59 Å². The van der Waals surface area contributed by atoms with Crippen molar-refractivity contribution >= 4 is 29.2 Å². The fraction of sp³-hybridized carbons (Fsp3) is 0.214. The third kappa shape index (κ3) is 2.52. The number of hydrogen-bond acceptors (Lipinski definition) is 5. The standard InChI is InChI=1S/C14H14N4O2S/c1-21-14-17-12-11(13(20)18-14)9(6-10(19)16-12)7-2-4-8(15)5-3-7/h2-5,9H,6,15H2,1H3,(H2,16,17,18,19,20). The Morgan fingerprint density at radius 1 is 1.29 bits per heavy atom. The second kappa shape index (κ2) is 5.25. The molecule has 0 saturated heterocycles. The molecule has 1 aromatic carbocycles. The number of aromatic nitrogens is 2. The van der Waals surface area contributed by atoms with Crippen LogP contribution in [0.15, 0.2) is 34.2 Å². The molecule has 6 nitrogen and oxygen atoms in total. The van der Waals surface area contributed by atoms with Crippen molar-refractivity contribution in [3.05, 3.63) is 45.7 Å². The normalized spacial score (nSPS) is 17.2. The average molecular weight is 302 g/mol. The Hall–Kier alpha value is -2.28. The van der Waals surface area contributed by atoms with E-state index in [0.717, 1.165) is 5.56 Å². The van der Waals surface area contributed by atoms with E-state index in [-0.39, 0.29) is 23.8 Å². The summed E-state index contributed by atoms with van der Waals surface area (Å²) in [6, 6.07) is 7.20. The smallest absolute Gasteiger partial charge is 0.257 e. The fourth-order valence-electron chi connectivity index (χ4n) is 2.46. The van der Waals surface area contributed by atoms with E-state index in [1.807, 2.05) is 18.4 Å². The molecule has 21 heavy (non-hydrogen) atoms. The Morgan fingerprint density at radius 3 is 2.67 bits per heavy atom. The first kappa shape index (κ1) is 13.7. The van der Waals surface area contributed by atoms with Gasteiger partial charge in [0.1, 0.15) is 5.82 Å². The van der Waals surface area contributed by atoms with Crippen LogP contribution in [0.5, 0.6) is 0 Å². The fourth-order valence-corrected chi connectivity index (χ4v) is 2.84. The molecule has 0 radical (unpaired) electrons. The van der Waals surface area contributed by atoms with Crippen LogP contribution in [0.3, 0.4) is 0 Å². The molecule has 0 spiro atoms. The zero-order chi connectivity index (χ0) is 15.0. The monoisotopic (exact) mass is 302 g/mol. The van der Waals surface area contributed by atoms with Crippen molar-refractivity contribution < 1.29 is 4.79 Å². The summed E-state index contributed by atoms with van der Waals surface area (Å²) in [5.41, 5.74) is 7.49. The quantitative estimate of drug-likeness (QED) is 0.444. The van der Waals surface area contributed by atoms with Crippen molar-refractivity contribution in [1.29, 1.82) is 0 Å². The van der Waals surface area contributed by atoms with Crippen molar-refractivity contribution in [2.45, 2.75) is 17.5 Å². The Kier molecular flexibility index (Phi) is 3.42. The van der Waals surface area contributed by atoms with Gasteiger partial charge in [-0.25, -0.2) is 4.98 Å². The Bertz CT molecular complexity index is 755. The van der Waals surface area contributed by atoms with Gasteiger partial charge in [-0.3, -0.25) is 9.59 Å². The van der Waals surface area contributed by atoms with Crippen LogP contribution in [-0.2, 0) is 4.79 Å². The molecule has 0 fully saturated rings. The van der Waals surface area contributed by atoms with Crippen molar-refractivity contribution in [1.82, 2.24) is 9.97 Å². The van der Waals surface area contributed by atoms with Crippen molar-refractivity contribution in [3.63, 3.8) is 0 Å².